The topological polar surface area (TPSA) is 60.4 Å². The predicted molar refractivity (Wildman–Crippen MR) is 108 cm³/mol. The normalized spacial score (nSPS) is 25.5. The first-order valence-electron chi connectivity index (χ1n) is 9.59. The van der Waals surface area contributed by atoms with Crippen LogP contribution in [-0.2, 0) is 9.53 Å². The second kappa shape index (κ2) is 8.00. The molecule has 144 valence electrons. The van der Waals surface area contributed by atoms with Gasteiger partial charge in [-0.25, -0.2) is 0 Å². The summed E-state index contributed by atoms with van der Waals surface area (Å²) in [5.74, 6) is -0.994. The summed E-state index contributed by atoms with van der Waals surface area (Å²) in [5, 5.41) is 0. The Morgan fingerprint density at radius 2 is 1.50 bits per heavy atom. The minimum Gasteiger partial charge on any atom is -0.457 e. The lowest BCUT2D eigenvalue weighted by atomic mass is 9.75. The van der Waals surface area contributed by atoms with Gasteiger partial charge in [0, 0.05) is 21.5 Å². The van der Waals surface area contributed by atoms with E-state index in [1.807, 2.05) is 18.2 Å². The zero-order chi connectivity index (χ0) is 19.7. The van der Waals surface area contributed by atoms with Crippen molar-refractivity contribution in [3.63, 3.8) is 0 Å². The third-order valence-electron chi connectivity index (χ3n) is 6.06. The zero-order valence-electron chi connectivity index (χ0n) is 15.3. The highest BCUT2D eigenvalue weighted by molar-refractivity contribution is 9.10. The van der Waals surface area contributed by atoms with Crippen molar-refractivity contribution in [1.82, 2.24) is 0 Å². The number of hydrogen-bond donors (Lipinski definition) is 0. The Morgan fingerprint density at radius 1 is 0.857 bits per heavy atom. The van der Waals surface area contributed by atoms with Gasteiger partial charge < -0.3 is 4.74 Å². The summed E-state index contributed by atoms with van der Waals surface area (Å²) in [4.78, 5) is 38.2. The van der Waals surface area contributed by atoms with Gasteiger partial charge in [0.05, 0.1) is 5.92 Å². The Labute approximate surface area is 172 Å². The molecule has 0 heterocycles. The van der Waals surface area contributed by atoms with Gasteiger partial charge in [0.2, 0.25) is 0 Å². The van der Waals surface area contributed by atoms with E-state index < -0.39 is 11.9 Å². The molecule has 2 bridgehead atoms. The fourth-order valence-corrected chi connectivity index (χ4v) is 5.02. The van der Waals surface area contributed by atoms with Gasteiger partial charge in [-0.2, -0.15) is 0 Å². The largest absolute Gasteiger partial charge is 0.457 e. The summed E-state index contributed by atoms with van der Waals surface area (Å²) >= 11 is 3.33. The molecule has 4 nitrogen and oxygen atoms in total. The quantitative estimate of drug-likeness (QED) is 0.481. The first kappa shape index (κ1) is 19.1. The van der Waals surface area contributed by atoms with Crippen LogP contribution in [-0.4, -0.2) is 24.1 Å². The predicted octanol–water partition coefficient (Wildman–Crippen LogP) is 4.72. The molecule has 2 saturated carbocycles. The van der Waals surface area contributed by atoms with Crippen LogP contribution >= 0.6 is 15.9 Å². The lowest BCUT2D eigenvalue weighted by Crippen LogP contribution is -2.36. The van der Waals surface area contributed by atoms with E-state index in [9.17, 15) is 14.4 Å². The van der Waals surface area contributed by atoms with Gasteiger partial charge >= 0.3 is 5.97 Å². The first-order valence-corrected chi connectivity index (χ1v) is 10.4. The zero-order valence-corrected chi connectivity index (χ0v) is 16.9. The second-order valence-corrected chi connectivity index (χ2v) is 8.57. The molecule has 4 rings (SSSR count). The SMILES string of the molecule is O=C(COC(=O)[C@H]1[C@H]2CC[C@@H](C2)[C@@H]1C(=O)c1ccccc1)c1ccc(Br)cc1. The van der Waals surface area contributed by atoms with E-state index in [1.54, 1.807) is 36.4 Å². The number of Topliss-reactive ketones (excluding diaryl/α,β-unsaturated/α-hetero) is 2. The number of halogens is 1. The van der Waals surface area contributed by atoms with Crippen LogP contribution in [0.5, 0.6) is 0 Å². The van der Waals surface area contributed by atoms with Crippen LogP contribution in [0.2, 0.25) is 0 Å². The average Bonchev–Trinajstić information content (AvgIpc) is 3.34. The molecule has 0 spiro atoms. The number of ether oxygens (including phenoxy) is 1. The van der Waals surface area contributed by atoms with Crippen molar-refractivity contribution in [2.45, 2.75) is 19.3 Å². The van der Waals surface area contributed by atoms with Crippen molar-refractivity contribution < 1.29 is 19.1 Å². The van der Waals surface area contributed by atoms with Crippen LogP contribution < -0.4 is 0 Å². The lowest BCUT2D eigenvalue weighted by molar-refractivity contribution is -0.150. The highest BCUT2D eigenvalue weighted by Gasteiger charge is 2.54. The molecule has 4 atom stereocenters. The van der Waals surface area contributed by atoms with E-state index in [-0.39, 0.29) is 35.9 Å². The number of fused-ring (bicyclic) bond motifs is 2. The van der Waals surface area contributed by atoms with Crippen molar-refractivity contribution in [2.24, 2.45) is 23.7 Å². The summed E-state index contributed by atoms with van der Waals surface area (Å²) in [6, 6.07) is 16.1. The Kier molecular flexibility index (Phi) is 5.44. The van der Waals surface area contributed by atoms with Crippen LogP contribution in [0.25, 0.3) is 0 Å². The summed E-state index contributed by atoms with van der Waals surface area (Å²) in [6.07, 6.45) is 2.82. The molecule has 0 amide bonds. The lowest BCUT2D eigenvalue weighted by Gasteiger charge is -2.28. The van der Waals surface area contributed by atoms with Gasteiger partial charge in [0.25, 0.3) is 0 Å². The molecule has 0 radical (unpaired) electrons. The molecular weight excluding hydrogens is 420 g/mol. The third-order valence-corrected chi connectivity index (χ3v) is 6.59. The smallest absolute Gasteiger partial charge is 0.310 e. The average molecular weight is 441 g/mol. The molecule has 0 N–H and O–H groups in total. The van der Waals surface area contributed by atoms with Crippen LogP contribution in [0.4, 0.5) is 0 Å². The Hall–Kier alpha value is -2.27. The van der Waals surface area contributed by atoms with Crippen LogP contribution in [0.15, 0.2) is 59.1 Å². The Morgan fingerprint density at radius 3 is 2.18 bits per heavy atom. The van der Waals surface area contributed by atoms with E-state index in [2.05, 4.69) is 15.9 Å². The number of benzene rings is 2. The molecule has 0 aliphatic heterocycles. The van der Waals surface area contributed by atoms with E-state index in [0.29, 0.717) is 11.1 Å². The van der Waals surface area contributed by atoms with E-state index >= 15 is 0 Å². The number of hydrogen-bond acceptors (Lipinski definition) is 4. The van der Waals surface area contributed by atoms with E-state index in [4.69, 9.17) is 4.74 Å². The number of ketones is 2. The molecule has 0 unspecified atom stereocenters. The molecule has 5 heteroatoms. The molecule has 28 heavy (non-hydrogen) atoms. The molecule has 0 saturated heterocycles. The summed E-state index contributed by atoms with van der Waals surface area (Å²) in [6.45, 7) is -0.291. The maximum Gasteiger partial charge on any atom is 0.310 e. The molecule has 2 aliphatic carbocycles. The number of rotatable bonds is 6. The fourth-order valence-electron chi connectivity index (χ4n) is 4.75. The minimum atomic E-state index is -0.441. The Bertz CT molecular complexity index is 891. The van der Waals surface area contributed by atoms with Crippen molar-refractivity contribution in [2.75, 3.05) is 6.61 Å². The minimum absolute atomic E-state index is 0.0222. The maximum atomic E-state index is 13.1. The maximum absolute atomic E-state index is 13.1. The van der Waals surface area contributed by atoms with Crippen molar-refractivity contribution in [3.8, 4) is 0 Å². The van der Waals surface area contributed by atoms with Gasteiger partial charge in [-0.05, 0) is 43.2 Å². The monoisotopic (exact) mass is 440 g/mol. The molecule has 0 aromatic heterocycles. The number of esters is 1. The molecule has 2 aromatic rings. The van der Waals surface area contributed by atoms with Crippen molar-refractivity contribution in [3.05, 3.63) is 70.2 Å². The molecule has 2 fully saturated rings. The van der Waals surface area contributed by atoms with E-state index in [1.165, 1.54) is 0 Å². The van der Waals surface area contributed by atoms with Gasteiger partial charge in [0.15, 0.2) is 18.2 Å². The van der Waals surface area contributed by atoms with Crippen LogP contribution in [0.1, 0.15) is 40.0 Å². The molecule has 2 aliphatic rings. The van der Waals surface area contributed by atoms with Crippen LogP contribution in [0.3, 0.4) is 0 Å². The molecular formula is C23H21BrO4. The van der Waals surface area contributed by atoms with Gasteiger partial charge in [-0.1, -0.05) is 58.4 Å². The van der Waals surface area contributed by atoms with E-state index in [0.717, 1.165) is 23.7 Å². The summed E-state index contributed by atoms with van der Waals surface area (Å²) in [5.41, 5.74) is 1.14. The van der Waals surface area contributed by atoms with Crippen LogP contribution in [0, 0.1) is 23.7 Å². The van der Waals surface area contributed by atoms with Crippen molar-refractivity contribution >= 4 is 33.5 Å². The van der Waals surface area contributed by atoms with Gasteiger partial charge in [-0.3, -0.25) is 14.4 Å². The van der Waals surface area contributed by atoms with Gasteiger partial charge in [0.1, 0.15) is 0 Å². The number of carbonyl (C=O) groups is 3. The standard InChI is InChI=1S/C23H21BrO4/c24-18-10-8-14(9-11-18)19(25)13-28-23(27)21-17-7-6-16(12-17)20(21)22(26)15-4-2-1-3-5-15/h1-5,8-11,16-17,20-21H,6-7,12-13H2/t16-,17-,20-,21-/m0/s1. The second-order valence-electron chi connectivity index (χ2n) is 7.65. The molecule has 2 aromatic carbocycles. The number of carbonyl (C=O) groups excluding carboxylic acids is 3. The van der Waals surface area contributed by atoms with Crippen molar-refractivity contribution in [1.29, 1.82) is 0 Å². The third kappa shape index (κ3) is 3.68. The van der Waals surface area contributed by atoms with Gasteiger partial charge in [-0.15, -0.1) is 0 Å². The summed E-state index contributed by atoms with van der Waals surface area (Å²) < 4.78 is 6.27. The Balaban J connectivity index is 1.45. The fraction of sp³-hybridized carbons (Fsp3) is 0.348. The summed E-state index contributed by atoms with van der Waals surface area (Å²) in [7, 11) is 0. The highest BCUT2D eigenvalue weighted by Crippen LogP contribution is 2.53. The first-order chi connectivity index (χ1) is 13.5. The highest BCUT2D eigenvalue weighted by atomic mass is 79.9.